The van der Waals surface area contributed by atoms with Crippen LogP contribution in [0.1, 0.15) is 25.7 Å². The number of carbonyl (C=O) groups is 1. The van der Waals surface area contributed by atoms with Crippen LogP contribution in [0.15, 0.2) is 23.1 Å². The number of halogens is 2. The van der Waals surface area contributed by atoms with E-state index in [0.29, 0.717) is 11.4 Å². The Labute approximate surface area is 127 Å². The quantitative estimate of drug-likeness (QED) is 0.869. The summed E-state index contributed by atoms with van der Waals surface area (Å²) in [6.07, 6.45) is 3.85. The van der Waals surface area contributed by atoms with Crippen LogP contribution in [0, 0.1) is 11.6 Å². The van der Waals surface area contributed by atoms with Gasteiger partial charge in [-0.3, -0.25) is 4.79 Å². The van der Waals surface area contributed by atoms with Crippen molar-refractivity contribution < 1.29 is 18.7 Å². The number of likely N-dealkylation sites (tertiary alicyclic amines) is 1. The Kier molecular flexibility index (Phi) is 5.99. The summed E-state index contributed by atoms with van der Waals surface area (Å²) in [5, 5.41) is 9.40. The largest absolute Gasteiger partial charge is 0.394 e. The third kappa shape index (κ3) is 4.41. The van der Waals surface area contributed by atoms with Gasteiger partial charge in [-0.25, -0.2) is 8.78 Å². The summed E-state index contributed by atoms with van der Waals surface area (Å²) in [5.41, 5.74) is 0. The molecular formula is C15H19F2NO2S. The van der Waals surface area contributed by atoms with Gasteiger partial charge in [-0.1, -0.05) is 12.8 Å². The monoisotopic (exact) mass is 315 g/mol. The van der Waals surface area contributed by atoms with E-state index in [4.69, 9.17) is 0 Å². The predicted molar refractivity (Wildman–Crippen MR) is 78.1 cm³/mol. The second-order valence-electron chi connectivity index (χ2n) is 5.14. The predicted octanol–water partition coefficient (Wildman–Crippen LogP) is 2.82. The standard InChI is InChI=1S/C15H19F2NO2S/c16-13-6-5-12(8-14(13)17)21-10-15(20)18-7-3-1-2-4-11(18)9-19/h5-6,8,11,19H,1-4,7,9-10H2. The number of rotatable bonds is 4. The average molecular weight is 315 g/mol. The van der Waals surface area contributed by atoms with Crippen LogP contribution in [-0.2, 0) is 4.79 Å². The van der Waals surface area contributed by atoms with Crippen LogP contribution in [0.3, 0.4) is 0 Å². The van der Waals surface area contributed by atoms with Crippen LogP contribution in [0.25, 0.3) is 0 Å². The van der Waals surface area contributed by atoms with Crippen molar-refractivity contribution in [2.45, 2.75) is 36.6 Å². The fraction of sp³-hybridized carbons (Fsp3) is 0.533. The summed E-state index contributed by atoms with van der Waals surface area (Å²) in [7, 11) is 0. The van der Waals surface area contributed by atoms with E-state index in [0.717, 1.165) is 37.8 Å². The van der Waals surface area contributed by atoms with Gasteiger partial charge in [0.15, 0.2) is 11.6 Å². The minimum atomic E-state index is -0.907. The molecule has 1 aromatic rings. The van der Waals surface area contributed by atoms with Crippen molar-refractivity contribution >= 4 is 17.7 Å². The second kappa shape index (κ2) is 7.75. The van der Waals surface area contributed by atoms with Gasteiger partial charge >= 0.3 is 0 Å². The Balaban J connectivity index is 1.94. The van der Waals surface area contributed by atoms with Crippen LogP contribution in [0.5, 0.6) is 0 Å². The molecule has 0 aromatic heterocycles. The number of hydrogen-bond acceptors (Lipinski definition) is 3. The number of benzene rings is 1. The van der Waals surface area contributed by atoms with Crippen molar-refractivity contribution in [3.8, 4) is 0 Å². The molecule has 0 aliphatic carbocycles. The van der Waals surface area contributed by atoms with Crippen LogP contribution in [0.4, 0.5) is 8.78 Å². The molecule has 0 bridgehead atoms. The third-order valence-electron chi connectivity index (χ3n) is 3.66. The minimum Gasteiger partial charge on any atom is -0.394 e. The Hall–Kier alpha value is -1.14. The smallest absolute Gasteiger partial charge is 0.233 e. The molecule has 3 nitrogen and oxygen atoms in total. The zero-order valence-electron chi connectivity index (χ0n) is 11.7. The molecule has 1 aliphatic rings. The molecule has 2 rings (SSSR count). The van der Waals surface area contributed by atoms with E-state index >= 15 is 0 Å². The first-order valence-corrected chi connectivity index (χ1v) is 8.08. The van der Waals surface area contributed by atoms with E-state index in [2.05, 4.69) is 0 Å². The van der Waals surface area contributed by atoms with Gasteiger partial charge in [-0.05, 0) is 31.0 Å². The van der Waals surface area contributed by atoms with Gasteiger partial charge < -0.3 is 10.0 Å². The maximum atomic E-state index is 13.1. The van der Waals surface area contributed by atoms with Gasteiger partial charge in [-0.15, -0.1) is 11.8 Å². The fourth-order valence-corrected chi connectivity index (χ4v) is 3.30. The SMILES string of the molecule is O=C(CSc1ccc(F)c(F)c1)N1CCCCCC1CO. The molecule has 6 heteroatoms. The highest BCUT2D eigenvalue weighted by Crippen LogP contribution is 2.23. The fourth-order valence-electron chi connectivity index (χ4n) is 2.49. The molecule has 1 unspecified atom stereocenters. The summed E-state index contributed by atoms with van der Waals surface area (Å²) < 4.78 is 26.0. The number of aliphatic hydroxyl groups is 1. The maximum Gasteiger partial charge on any atom is 0.233 e. The van der Waals surface area contributed by atoms with E-state index in [1.54, 1.807) is 4.90 Å². The molecule has 21 heavy (non-hydrogen) atoms. The van der Waals surface area contributed by atoms with E-state index in [1.807, 2.05) is 0 Å². The lowest BCUT2D eigenvalue weighted by atomic mass is 10.1. The van der Waals surface area contributed by atoms with Crippen molar-refractivity contribution in [3.63, 3.8) is 0 Å². The van der Waals surface area contributed by atoms with Crippen LogP contribution in [0.2, 0.25) is 0 Å². The Bertz CT molecular complexity index is 499. The molecule has 1 fully saturated rings. The van der Waals surface area contributed by atoms with Gasteiger partial charge in [0, 0.05) is 11.4 Å². The second-order valence-corrected chi connectivity index (χ2v) is 6.19. The van der Waals surface area contributed by atoms with Gasteiger partial charge in [0.25, 0.3) is 0 Å². The Morgan fingerprint density at radius 3 is 2.81 bits per heavy atom. The van der Waals surface area contributed by atoms with Gasteiger partial charge in [0.2, 0.25) is 5.91 Å². The summed E-state index contributed by atoms with van der Waals surface area (Å²) in [6, 6.07) is 3.50. The number of carbonyl (C=O) groups excluding carboxylic acids is 1. The summed E-state index contributed by atoms with van der Waals surface area (Å²) >= 11 is 1.18. The number of thioether (sulfide) groups is 1. The van der Waals surface area contributed by atoms with Gasteiger partial charge in [-0.2, -0.15) is 0 Å². The zero-order chi connectivity index (χ0) is 15.2. The highest BCUT2D eigenvalue weighted by molar-refractivity contribution is 8.00. The molecule has 1 aliphatic heterocycles. The van der Waals surface area contributed by atoms with E-state index in [-0.39, 0.29) is 24.3 Å². The first kappa shape index (κ1) is 16.2. The lowest BCUT2D eigenvalue weighted by Crippen LogP contribution is -2.43. The summed E-state index contributed by atoms with van der Waals surface area (Å²) in [4.78, 5) is 14.5. The third-order valence-corrected chi connectivity index (χ3v) is 4.64. The summed E-state index contributed by atoms with van der Waals surface area (Å²) in [6.45, 7) is 0.629. The Morgan fingerprint density at radius 1 is 1.29 bits per heavy atom. The van der Waals surface area contributed by atoms with Crippen LogP contribution >= 0.6 is 11.8 Å². The van der Waals surface area contributed by atoms with Crippen molar-refractivity contribution in [3.05, 3.63) is 29.8 Å². The lowest BCUT2D eigenvalue weighted by Gasteiger charge is -2.28. The van der Waals surface area contributed by atoms with Crippen LogP contribution in [-0.4, -0.2) is 40.9 Å². The molecule has 1 aromatic carbocycles. The molecule has 1 heterocycles. The zero-order valence-corrected chi connectivity index (χ0v) is 12.5. The molecular weight excluding hydrogens is 296 g/mol. The molecule has 1 N–H and O–H groups in total. The molecule has 0 radical (unpaired) electrons. The Morgan fingerprint density at radius 2 is 2.10 bits per heavy atom. The maximum absolute atomic E-state index is 13.1. The van der Waals surface area contributed by atoms with Crippen molar-refractivity contribution in [2.75, 3.05) is 18.9 Å². The van der Waals surface area contributed by atoms with Crippen molar-refractivity contribution in [2.24, 2.45) is 0 Å². The molecule has 1 atom stereocenters. The van der Waals surface area contributed by atoms with Gasteiger partial charge in [0.1, 0.15) is 0 Å². The first-order valence-electron chi connectivity index (χ1n) is 7.10. The van der Waals surface area contributed by atoms with E-state index in [1.165, 1.54) is 17.8 Å². The van der Waals surface area contributed by atoms with Gasteiger partial charge in [0.05, 0.1) is 18.4 Å². The summed E-state index contributed by atoms with van der Waals surface area (Å²) in [5.74, 6) is -1.69. The first-order chi connectivity index (χ1) is 10.1. The molecule has 0 saturated carbocycles. The van der Waals surface area contributed by atoms with E-state index in [9.17, 15) is 18.7 Å². The molecule has 1 saturated heterocycles. The molecule has 0 spiro atoms. The highest BCUT2D eigenvalue weighted by atomic mass is 32.2. The number of amides is 1. The average Bonchev–Trinajstić information content (AvgIpc) is 2.73. The highest BCUT2D eigenvalue weighted by Gasteiger charge is 2.24. The molecule has 116 valence electrons. The van der Waals surface area contributed by atoms with Crippen molar-refractivity contribution in [1.82, 2.24) is 4.90 Å². The number of hydrogen-bond donors (Lipinski definition) is 1. The van der Waals surface area contributed by atoms with E-state index < -0.39 is 11.6 Å². The van der Waals surface area contributed by atoms with Crippen LogP contribution < -0.4 is 0 Å². The molecule has 1 amide bonds. The topological polar surface area (TPSA) is 40.5 Å². The number of nitrogens with zero attached hydrogens (tertiary/aromatic N) is 1. The van der Waals surface area contributed by atoms with Crippen molar-refractivity contribution in [1.29, 1.82) is 0 Å². The number of aliphatic hydroxyl groups excluding tert-OH is 1. The normalized spacial score (nSPS) is 19.4. The lowest BCUT2D eigenvalue weighted by molar-refractivity contribution is -0.131. The minimum absolute atomic E-state index is 0.0262.